The van der Waals surface area contributed by atoms with Crippen molar-refractivity contribution in [3.05, 3.63) is 35.1 Å². The van der Waals surface area contributed by atoms with Gasteiger partial charge in [0.25, 0.3) is 0 Å². The molecule has 84 valence electrons. The van der Waals surface area contributed by atoms with Crippen molar-refractivity contribution in [3.63, 3.8) is 0 Å². The number of rotatable bonds is 1. The standard InChI is InChI=1S/C13H15ClN2/c14-13-4-3-11(8-16-13)9-1-2-10-6-15-7-12(10)5-9/h1,3-4,8,10,12,15H,2,5-7H2. The minimum absolute atomic E-state index is 0.570. The van der Waals surface area contributed by atoms with E-state index in [1.807, 2.05) is 12.3 Å². The van der Waals surface area contributed by atoms with Crippen LogP contribution >= 0.6 is 11.6 Å². The van der Waals surface area contributed by atoms with Gasteiger partial charge in [-0.25, -0.2) is 4.98 Å². The van der Waals surface area contributed by atoms with Crippen LogP contribution in [0.4, 0.5) is 0 Å². The Bertz CT molecular complexity index is 410. The molecule has 0 radical (unpaired) electrons. The van der Waals surface area contributed by atoms with Gasteiger partial charge in [-0.05, 0) is 55.0 Å². The first-order chi connectivity index (χ1) is 7.83. The van der Waals surface area contributed by atoms with Gasteiger partial charge in [-0.2, -0.15) is 0 Å². The molecule has 1 saturated heterocycles. The third-order valence-corrected chi connectivity index (χ3v) is 3.95. The Morgan fingerprint density at radius 2 is 2.12 bits per heavy atom. The van der Waals surface area contributed by atoms with Crippen molar-refractivity contribution in [2.45, 2.75) is 12.8 Å². The fourth-order valence-corrected chi connectivity index (χ4v) is 2.87. The molecular weight excluding hydrogens is 220 g/mol. The molecule has 3 heteroatoms. The van der Waals surface area contributed by atoms with Crippen LogP contribution in [0.1, 0.15) is 18.4 Å². The second-order valence-corrected chi connectivity index (χ2v) is 5.10. The van der Waals surface area contributed by atoms with Gasteiger partial charge < -0.3 is 5.32 Å². The maximum atomic E-state index is 5.80. The summed E-state index contributed by atoms with van der Waals surface area (Å²) < 4.78 is 0. The Morgan fingerprint density at radius 3 is 2.94 bits per heavy atom. The second-order valence-electron chi connectivity index (χ2n) is 4.72. The smallest absolute Gasteiger partial charge is 0.129 e. The molecule has 2 nitrogen and oxygen atoms in total. The normalized spacial score (nSPS) is 28.7. The fraction of sp³-hybridized carbons (Fsp3) is 0.462. The van der Waals surface area contributed by atoms with E-state index in [2.05, 4.69) is 22.4 Å². The quantitative estimate of drug-likeness (QED) is 0.756. The molecule has 1 N–H and O–H groups in total. The van der Waals surface area contributed by atoms with Crippen molar-refractivity contribution >= 4 is 17.2 Å². The van der Waals surface area contributed by atoms with Gasteiger partial charge in [-0.3, -0.25) is 0 Å². The van der Waals surface area contributed by atoms with Crippen molar-refractivity contribution in [2.75, 3.05) is 13.1 Å². The summed E-state index contributed by atoms with van der Waals surface area (Å²) in [5, 5.41) is 4.05. The molecule has 2 atom stereocenters. The Kier molecular flexibility index (Phi) is 2.70. The van der Waals surface area contributed by atoms with Crippen LogP contribution in [-0.2, 0) is 0 Å². The first-order valence-electron chi connectivity index (χ1n) is 5.84. The van der Waals surface area contributed by atoms with Crippen LogP contribution in [0.3, 0.4) is 0 Å². The number of pyridine rings is 1. The Labute approximate surface area is 101 Å². The molecule has 1 aliphatic carbocycles. The van der Waals surface area contributed by atoms with E-state index in [0.717, 1.165) is 11.8 Å². The van der Waals surface area contributed by atoms with E-state index in [4.69, 9.17) is 11.6 Å². The zero-order valence-corrected chi connectivity index (χ0v) is 9.87. The average Bonchev–Trinajstić information content (AvgIpc) is 2.77. The monoisotopic (exact) mass is 234 g/mol. The van der Waals surface area contributed by atoms with E-state index < -0.39 is 0 Å². The summed E-state index contributed by atoms with van der Waals surface area (Å²) in [5.74, 6) is 1.67. The summed E-state index contributed by atoms with van der Waals surface area (Å²) in [6, 6.07) is 3.95. The Balaban J connectivity index is 1.83. The highest BCUT2D eigenvalue weighted by Gasteiger charge is 2.30. The number of halogens is 1. The SMILES string of the molecule is Clc1ccc(C2=CCC3CNCC3C2)cn1. The molecule has 2 aliphatic rings. The van der Waals surface area contributed by atoms with Crippen molar-refractivity contribution in [1.29, 1.82) is 0 Å². The van der Waals surface area contributed by atoms with Gasteiger partial charge in [0.15, 0.2) is 0 Å². The first kappa shape index (κ1) is 10.3. The van der Waals surface area contributed by atoms with Crippen molar-refractivity contribution in [1.82, 2.24) is 10.3 Å². The third kappa shape index (κ3) is 1.87. The van der Waals surface area contributed by atoms with E-state index in [9.17, 15) is 0 Å². The van der Waals surface area contributed by atoms with E-state index in [1.54, 1.807) is 0 Å². The molecule has 3 rings (SSSR count). The van der Waals surface area contributed by atoms with Crippen LogP contribution in [0.15, 0.2) is 24.4 Å². The van der Waals surface area contributed by atoms with E-state index in [-0.39, 0.29) is 0 Å². The van der Waals surface area contributed by atoms with Crippen molar-refractivity contribution in [3.8, 4) is 0 Å². The molecule has 2 heterocycles. The van der Waals surface area contributed by atoms with Gasteiger partial charge >= 0.3 is 0 Å². The highest BCUT2D eigenvalue weighted by atomic mass is 35.5. The maximum Gasteiger partial charge on any atom is 0.129 e. The van der Waals surface area contributed by atoms with Gasteiger partial charge in [0.1, 0.15) is 5.15 Å². The molecule has 0 aromatic carbocycles. The lowest BCUT2D eigenvalue weighted by Gasteiger charge is -2.24. The molecular formula is C13H15ClN2. The second kappa shape index (κ2) is 4.19. The van der Waals surface area contributed by atoms with Crippen LogP contribution in [0, 0.1) is 11.8 Å². The summed E-state index contributed by atoms with van der Waals surface area (Å²) in [6.07, 6.45) is 6.65. The minimum atomic E-state index is 0.570. The summed E-state index contributed by atoms with van der Waals surface area (Å²) in [4.78, 5) is 4.15. The lowest BCUT2D eigenvalue weighted by atomic mass is 9.80. The molecule has 1 aliphatic heterocycles. The van der Waals surface area contributed by atoms with Gasteiger partial charge in [0.2, 0.25) is 0 Å². The fourth-order valence-electron chi connectivity index (χ4n) is 2.76. The summed E-state index contributed by atoms with van der Waals surface area (Å²) in [6.45, 7) is 2.36. The summed E-state index contributed by atoms with van der Waals surface area (Å²) in [7, 11) is 0. The molecule has 2 unspecified atom stereocenters. The third-order valence-electron chi connectivity index (χ3n) is 3.73. The van der Waals surface area contributed by atoms with Crippen LogP contribution in [-0.4, -0.2) is 18.1 Å². The predicted molar refractivity (Wildman–Crippen MR) is 66.3 cm³/mol. The highest BCUT2D eigenvalue weighted by Crippen LogP contribution is 2.36. The first-order valence-corrected chi connectivity index (χ1v) is 6.22. The lowest BCUT2D eigenvalue weighted by Crippen LogP contribution is -2.16. The topological polar surface area (TPSA) is 24.9 Å². The van der Waals surface area contributed by atoms with Crippen LogP contribution in [0.2, 0.25) is 5.15 Å². The van der Waals surface area contributed by atoms with E-state index in [0.29, 0.717) is 5.15 Å². The highest BCUT2D eigenvalue weighted by molar-refractivity contribution is 6.29. The number of fused-ring (bicyclic) bond motifs is 1. The number of nitrogens with zero attached hydrogens (tertiary/aromatic N) is 1. The minimum Gasteiger partial charge on any atom is -0.316 e. The van der Waals surface area contributed by atoms with Crippen LogP contribution < -0.4 is 5.32 Å². The molecule has 0 saturated carbocycles. The Morgan fingerprint density at radius 1 is 1.25 bits per heavy atom. The molecule has 1 aromatic heterocycles. The summed E-state index contributed by atoms with van der Waals surface area (Å²) >= 11 is 5.80. The van der Waals surface area contributed by atoms with Gasteiger partial charge in [-0.1, -0.05) is 23.7 Å². The van der Waals surface area contributed by atoms with E-state index >= 15 is 0 Å². The van der Waals surface area contributed by atoms with Gasteiger partial charge in [0, 0.05) is 6.20 Å². The molecule has 0 bridgehead atoms. The van der Waals surface area contributed by atoms with Gasteiger partial charge in [0.05, 0.1) is 0 Å². The maximum absolute atomic E-state index is 5.80. The molecule has 0 amide bonds. The predicted octanol–water partition coefficient (Wildman–Crippen LogP) is 2.75. The van der Waals surface area contributed by atoms with Crippen molar-refractivity contribution in [2.24, 2.45) is 11.8 Å². The molecule has 16 heavy (non-hydrogen) atoms. The summed E-state index contributed by atoms with van der Waals surface area (Å²) in [5.41, 5.74) is 2.67. The van der Waals surface area contributed by atoms with E-state index in [1.165, 1.54) is 37.1 Å². The number of aromatic nitrogens is 1. The lowest BCUT2D eigenvalue weighted by molar-refractivity contribution is 0.418. The average molecular weight is 235 g/mol. The number of allylic oxidation sites excluding steroid dienone is 2. The number of hydrogen-bond acceptors (Lipinski definition) is 2. The molecule has 0 spiro atoms. The number of hydrogen-bond donors (Lipinski definition) is 1. The number of nitrogens with one attached hydrogen (secondary N) is 1. The van der Waals surface area contributed by atoms with Crippen LogP contribution in [0.5, 0.6) is 0 Å². The van der Waals surface area contributed by atoms with Gasteiger partial charge in [-0.15, -0.1) is 0 Å². The molecule has 1 fully saturated rings. The van der Waals surface area contributed by atoms with Crippen molar-refractivity contribution < 1.29 is 0 Å². The largest absolute Gasteiger partial charge is 0.316 e. The molecule has 1 aromatic rings. The zero-order valence-electron chi connectivity index (χ0n) is 9.12. The zero-order chi connectivity index (χ0) is 11.0. The Hall–Kier alpha value is -0.860. The van der Waals surface area contributed by atoms with Crippen LogP contribution in [0.25, 0.3) is 5.57 Å².